The van der Waals surface area contributed by atoms with Crippen LogP contribution in [0.25, 0.3) is 0 Å². The topological polar surface area (TPSA) is 57.0 Å². The Bertz CT molecular complexity index is 440. The molecule has 6 heteroatoms. The second-order valence-corrected chi connectivity index (χ2v) is 6.96. The molecular weight excluding hydrogens is 323 g/mol. The van der Waals surface area contributed by atoms with E-state index in [1.54, 1.807) is 7.11 Å². The highest BCUT2D eigenvalue weighted by Crippen LogP contribution is 2.29. The minimum absolute atomic E-state index is 0.0651. The Labute approximate surface area is 151 Å². The maximum absolute atomic E-state index is 13.0. The van der Waals surface area contributed by atoms with Crippen LogP contribution in [0, 0.1) is 5.92 Å². The van der Waals surface area contributed by atoms with Crippen molar-refractivity contribution in [3.05, 3.63) is 23.8 Å². The summed E-state index contributed by atoms with van der Waals surface area (Å²) in [5.74, 6) is -0.117. The molecule has 0 aromatic carbocycles. The lowest BCUT2D eigenvalue weighted by Gasteiger charge is -2.43. The van der Waals surface area contributed by atoms with Gasteiger partial charge in [0.1, 0.15) is 6.67 Å². The number of hydrogen-bond acceptors (Lipinski definition) is 5. The first-order chi connectivity index (χ1) is 12.1. The normalized spacial score (nSPS) is 24.7. The Morgan fingerprint density at radius 1 is 1.36 bits per heavy atom. The van der Waals surface area contributed by atoms with Gasteiger partial charge in [0.25, 0.3) is 0 Å². The van der Waals surface area contributed by atoms with Crippen LogP contribution in [0.4, 0.5) is 4.39 Å². The number of likely N-dealkylation sites (tertiary alicyclic amines) is 1. The highest BCUT2D eigenvalue weighted by atomic mass is 19.1. The van der Waals surface area contributed by atoms with Crippen LogP contribution in [0.3, 0.4) is 0 Å². The highest BCUT2D eigenvalue weighted by Gasteiger charge is 2.37. The van der Waals surface area contributed by atoms with Gasteiger partial charge in [0.15, 0.2) is 0 Å². The monoisotopic (exact) mass is 356 g/mol. The molecule has 0 saturated carbocycles. The number of alkyl halides is 1. The molecule has 2 heterocycles. The number of ether oxygens (including phenoxy) is 3. The molecule has 25 heavy (non-hydrogen) atoms. The maximum Gasteiger partial charge on any atom is 0.105 e. The molecule has 0 aromatic heterocycles. The van der Waals surface area contributed by atoms with E-state index in [9.17, 15) is 4.39 Å². The molecule has 0 aromatic rings. The van der Waals surface area contributed by atoms with Gasteiger partial charge < -0.3 is 19.9 Å². The molecule has 2 aliphatic rings. The van der Waals surface area contributed by atoms with Crippen molar-refractivity contribution in [2.75, 3.05) is 59.8 Å². The van der Waals surface area contributed by atoms with Crippen LogP contribution in [0.15, 0.2) is 23.8 Å². The van der Waals surface area contributed by atoms with E-state index in [2.05, 4.69) is 17.1 Å². The Morgan fingerprint density at radius 3 is 2.68 bits per heavy atom. The van der Waals surface area contributed by atoms with Gasteiger partial charge in [-0.3, -0.25) is 4.90 Å². The van der Waals surface area contributed by atoms with Gasteiger partial charge in [0.2, 0.25) is 0 Å². The van der Waals surface area contributed by atoms with Crippen LogP contribution < -0.4 is 5.73 Å². The molecule has 0 amide bonds. The number of hydrogen-bond donors (Lipinski definition) is 1. The average Bonchev–Trinajstić information content (AvgIpc) is 2.65. The van der Waals surface area contributed by atoms with Crippen LogP contribution in [-0.2, 0) is 14.2 Å². The summed E-state index contributed by atoms with van der Waals surface area (Å²) >= 11 is 0. The van der Waals surface area contributed by atoms with Gasteiger partial charge in [-0.15, -0.1) is 0 Å². The van der Waals surface area contributed by atoms with Crippen molar-refractivity contribution < 1.29 is 18.6 Å². The average molecular weight is 356 g/mol. The molecule has 2 saturated heterocycles. The third kappa shape index (κ3) is 5.86. The number of nitrogens with zero attached hydrogens (tertiary/aromatic N) is 1. The van der Waals surface area contributed by atoms with Crippen LogP contribution in [-0.4, -0.2) is 76.4 Å². The zero-order valence-electron chi connectivity index (χ0n) is 15.6. The molecule has 2 aliphatic heterocycles. The molecule has 1 spiro atoms. The molecule has 144 valence electrons. The van der Waals surface area contributed by atoms with Gasteiger partial charge in [0.05, 0.1) is 32.0 Å². The lowest BCUT2D eigenvalue weighted by molar-refractivity contribution is -0.176. The molecule has 5 nitrogen and oxygen atoms in total. The molecule has 2 rings (SSSR count). The van der Waals surface area contributed by atoms with E-state index in [4.69, 9.17) is 19.9 Å². The van der Waals surface area contributed by atoms with Gasteiger partial charge in [-0.05, 0) is 25.3 Å². The standard InChI is InChI=1S/C19H33FN2O3/c1-3-16(17(14-23-2)18(21)13-20)5-4-8-22-9-6-19(7-10-22)15-24-11-12-25-19/h3-5,17-18H,6-15,21H2,1-2H3/b5-4-,16-3+. The van der Waals surface area contributed by atoms with Crippen LogP contribution in [0.5, 0.6) is 0 Å². The number of halogens is 1. The van der Waals surface area contributed by atoms with Gasteiger partial charge >= 0.3 is 0 Å². The minimum atomic E-state index is -0.546. The molecule has 2 atom stereocenters. The van der Waals surface area contributed by atoms with Crippen LogP contribution in [0.1, 0.15) is 19.8 Å². The first-order valence-electron chi connectivity index (χ1n) is 9.21. The van der Waals surface area contributed by atoms with E-state index in [-0.39, 0.29) is 11.5 Å². The van der Waals surface area contributed by atoms with Crippen molar-refractivity contribution >= 4 is 0 Å². The predicted molar refractivity (Wildman–Crippen MR) is 97.4 cm³/mol. The van der Waals surface area contributed by atoms with E-state index in [0.29, 0.717) is 19.8 Å². The lowest BCUT2D eigenvalue weighted by Crippen LogP contribution is -2.51. The van der Waals surface area contributed by atoms with Crippen molar-refractivity contribution in [2.45, 2.75) is 31.4 Å². The summed E-state index contributed by atoms with van der Waals surface area (Å²) in [4.78, 5) is 2.41. The van der Waals surface area contributed by atoms with Gasteiger partial charge in [0, 0.05) is 38.7 Å². The largest absolute Gasteiger partial charge is 0.384 e. The molecule has 2 unspecified atom stereocenters. The second kappa shape index (κ2) is 10.4. The molecule has 0 bridgehead atoms. The van der Waals surface area contributed by atoms with E-state index in [0.717, 1.165) is 44.7 Å². The highest BCUT2D eigenvalue weighted by molar-refractivity contribution is 5.23. The smallest absolute Gasteiger partial charge is 0.105 e. The number of methoxy groups -OCH3 is 1. The SMILES string of the molecule is C/C=C(\C=C/CN1CCC2(CC1)COCCO2)C(COC)C(N)CF. The Morgan fingerprint density at radius 2 is 2.12 bits per heavy atom. The molecule has 2 N–H and O–H groups in total. The van der Waals surface area contributed by atoms with Gasteiger partial charge in [-0.25, -0.2) is 4.39 Å². The zero-order chi connectivity index (χ0) is 18.1. The van der Waals surface area contributed by atoms with Crippen LogP contribution in [0.2, 0.25) is 0 Å². The number of rotatable bonds is 8. The summed E-state index contributed by atoms with van der Waals surface area (Å²) in [7, 11) is 1.62. The van der Waals surface area contributed by atoms with Crippen molar-refractivity contribution in [3.8, 4) is 0 Å². The Hall–Kier alpha value is -0.790. The van der Waals surface area contributed by atoms with Crippen molar-refractivity contribution in [2.24, 2.45) is 11.7 Å². The van der Waals surface area contributed by atoms with E-state index in [1.807, 2.05) is 13.0 Å². The fourth-order valence-corrected chi connectivity index (χ4v) is 3.57. The Balaban J connectivity index is 1.83. The van der Waals surface area contributed by atoms with E-state index in [1.165, 1.54) is 0 Å². The predicted octanol–water partition coefficient (Wildman–Crippen LogP) is 1.93. The second-order valence-electron chi connectivity index (χ2n) is 6.96. The fourth-order valence-electron chi connectivity index (χ4n) is 3.57. The maximum atomic E-state index is 13.0. The van der Waals surface area contributed by atoms with Gasteiger partial charge in [-0.2, -0.15) is 0 Å². The number of nitrogens with two attached hydrogens (primary N) is 1. The van der Waals surface area contributed by atoms with Crippen molar-refractivity contribution in [1.82, 2.24) is 4.90 Å². The molecule has 2 fully saturated rings. The molecule has 0 radical (unpaired) electrons. The minimum Gasteiger partial charge on any atom is -0.384 e. The summed E-state index contributed by atoms with van der Waals surface area (Å²) in [5.41, 5.74) is 6.87. The van der Waals surface area contributed by atoms with Crippen molar-refractivity contribution in [3.63, 3.8) is 0 Å². The van der Waals surface area contributed by atoms with Crippen molar-refractivity contribution in [1.29, 1.82) is 0 Å². The van der Waals surface area contributed by atoms with Crippen LogP contribution >= 0.6 is 0 Å². The number of piperidine rings is 1. The Kier molecular flexibility index (Phi) is 8.52. The van der Waals surface area contributed by atoms with E-state index >= 15 is 0 Å². The van der Waals surface area contributed by atoms with Gasteiger partial charge in [-0.1, -0.05) is 18.2 Å². The summed E-state index contributed by atoms with van der Waals surface area (Å²) in [6, 6.07) is -0.533. The van der Waals surface area contributed by atoms with E-state index < -0.39 is 12.7 Å². The molecule has 0 aliphatic carbocycles. The number of allylic oxidation sites excluding steroid dienone is 2. The third-order valence-corrected chi connectivity index (χ3v) is 5.24. The third-order valence-electron chi connectivity index (χ3n) is 5.24. The fraction of sp³-hybridized carbons (Fsp3) is 0.789. The first-order valence-corrected chi connectivity index (χ1v) is 9.21. The lowest BCUT2D eigenvalue weighted by atomic mass is 9.91. The summed E-state index contributed by atoms with van der Waals surface area (Å²) < 4.78 is 29.8. The molecular formula is C19H33FN2O3. The first kappa shape index (κ1) is 20.5. The summed E-state index contributed by atoms with van der Waals surface area (Å²) in [6.07, 6.45) is 8.21. The summed E-state index contributed by atoms with van der Waals surface area (Å²) in [5, 5.41) is 0. The quantitative estimate of drug-likeness (QED) is 0.674. The zero-order valence-corrected chi connectivity index (χ0v) is 15.6. The summed E-state index contributed by atoms with van der Waals surface area (Å²) in [6.45, 7) is 6.86.